The molecule has 0 fully saturated rings. The van der Waals surface area contributed by atoms with Gasteiger partial charge >= 0.3 is 5.97 Å². The van der Waals surface area contributed by atoms with E-state index < -0.39 is 17.9 Å². The summed E-state index contributed by atoms with van der Waals surface area (Å²) in [6.45, 7) is 1.47. The summed E-state index contributed by atoms with van der Waals surface area (Å²) in [6, 6.07) is 7.38. The van der Waals surface area contributed by atoms with E-state index in [-0.39, 0.29) is 11.1 Å². The third-order valence-electron chi connectivity index (χ3n) is 3.36. The Labute approximate surface area is 139 Å². The van der Waals surface area contributed by atoms with Crippen molar-refractivity contribution < 1.29 is 28.5 Å². The fourth-order valence-corrected chi connectivity index (χ4v) is 2.05. The molecule has 1 aromatic carbocycles. The number of methoxy groups -OCH3 is 2. The molecule has 0 saturated carbocycles. The Hall–Kier alpha value is -3.09. The van der Waals surface area contributed by atoms with E-state index in [0.29, 0.717) is 16.2 Å². The first kappa shape index (κ1) is 17.3. The van der Waals surface area contributed by atoms with Crippen molar-refractivity contribution in [2.24, 2.45) is 0 Å². The maximum absolute atomic E-state index is 12.5. The highest BCUT2D eigenvalue weighted by molar-refractivity contribution is 6.03. The molecule has 0 aliphatic carbocycles. The Morgan fingerprint density at radius 3 is 2.33 bits per heavy atom. The molecule has 1 atom stereocenters. The average molecular weight is 331 g/mol. The van der Waals surface area contributed by atoms with Crippen LogP contribution in [0.2, 0.25) is 0 Å². The molecule has 7 nitrogen and oxygen atoms in total. The van der Waals surface area contributed by atoms with Gasteiger partial charge in [-0.25, -0.2) is 4.79 Å². The van der Waals surface area contributed by atoms with Crippen LogP contribution in [-0.2, 0) is 4.74 Å². The summed E-state index contributed by atoms with van der Waals surface area (Å²) in [5, 5.41) is 11.0. The number of ether oxygens (including phenoxy) is 3. The van der Waals surface area contributed by atoms with Crippen molar-refractivity contribution in [1.29, 1.82) is 0 Å². The van der Waals surface area contributed by atoms with Gasteiger partial charge in [-0.3, -0.25) is 4.79 Å². The second-order valence-electron chi connectivity index (χ2n) is 4.92. The van der Waals surface area contributed by atoms with Crippen LogP contribution >= 0.6 is 0 Å². The van der Waals surface area contributed by atoms with E-state index in [4.69, 9.17) is 14.2 Å². The summed E-state index contributed by atoms with van der Waals surface area (Å²) in [5.41, 5.74) is 0.465. The van der Waals surface area contributed by atoms with Crippen LogP contribution in [0.4, 0.5) is 0 Å². The summed E-state index contributed by atoms with van der Waals surface area (Å²) in [5.74, 6) is -0.223. The fraction of sp³-hybridized carbons (Fsp3) is 0.235. The molecule has 0 saturated heterocycles. The van der Waals surface area contributed by atoms with Gasteiger partial charge in [0.15, 0.2) is 18.5 Å². The van der Waals surface area contributed by atoms with Gasteiger partial charge < -0.3 is 19.4 Å². The molecule has 0 radical (unpaired) electrons. The zero-order valence-corrected chi connectivity index (χ0v) is 13.5. The number of carbonyl (C=O) groups is 2. The molecule has 1 aromatic heterocycles. The van der Waals surface area contributed by atoms with Crippen LogP contribution < -0.4 is 14.2 Å². The number of esters is 1. The molecule has 0 amide bonds. The molecular weight excluding hydrogens is 314 g/mol. The number of rotatable bonds is 6. The van der Waals surface area contributed by atoms with Crippen molar-refractivity contribution in [2.45, 2.75) is 13.0 Å². The molecule has 126 valence electrons. The van der Waals surface area contributed by atoms with Crippen LogP contribution in [0, 0.1) is 5.21 Å². The number of aromatic nitrogens is 1. The number of carbonyl (C=O) groups excluding carboxylic acids is 2. The van der Waals surface area contributed by atoms with Gasteiger partial charge in [0.05, 0.1) is 25.3 Å². The predicted octanol–water partition coefficient (Wildman–Crippen LogP) is 1.77. The van der Waals surface area contributed by atoms with Crippen LogP contribution in [0.5, 0.6) is 11.5 Å². The van der Waals surface area contributed by atoms with Crippen LogP contribution in [0.15, 0.2) is 42.7 Å². The molecule has 1 heterocycles. The van der Waals surface area contributed by atoms with E-state index in [1.54, 1.807) is 18.2 Å². The average Bonchev–Trinajstić information content (AvgIpc) is 2.60. The van der Waals surface area contributed by atoms with Gasteiger partial charge in [-0.15, -0.1) is 0 Å². The van der Waals surface area contributed by atoms with Gasteiger partial charge in [0.25, 0.3) is 0 Å². The summed E-state index contributed by atoms with van der Waals surface area (Å²) >= 11 is 0. The van der Waals surface area contributed by atoms with E-state index in [9.17, 15) is 14.8 Å². The number of benzene rings is 1. The summed E-state index contributed by atoms with van der Waals surface area (Å²) in [7, 11) is 2.94. The third kappa shape index (κ3) is 3.81. The van der Waals surface area contributed by atoms with Crippen molar-refractivity contribution in [2.75, 3.05) is 14.2 Å². The largest absolute Gasteiger partial charge is 0.619 e. The number of Topliss-reactive ketones (excluding diaryl/α,β-unsaturated/α-hetero) is 1. The normalized spacial score (nSPS) is 11.5. The maximum atomic E-state index is 12.5. The summed E-state index contributed by atoms with van der Waals surface area (Å²) in [6.07, 6.45) is 1.34. The van der Waals surface area contributed by atoms with Crippen molar-refractivity contribution in [3.63, 3.8) is 0 Å². The van der Waals surface area contributed by atoms with E-state index in [0.717, 1.165) is 0 Å². The van der Waals surface area contributed by atoms with E-state index in [1.807, 2.05) is 0 Å². The van der Waals surface area contributed by atoms with E-state index in [2.05, 4.69) is 0 Å². The van der Waals surface area contributed by atoms with Gasteiger partial charge in [0.2, 0.25) is 5.78 Å². The van der Waals surface area contributed by atoms with Crippen molar-refractivity contribution in [1.82, 2.24) is 0 Å². The SMILES string of the molecule is COc1ccc(C(=O)[C@@H](C)OC(=O)c2cc[n+]([O-])cc2)c(OC)c1. The molecule has 7 heteroatoms. The van der Waals surface area contributed by atoms with Crippen LogP contribution in [0.3, 0.4) is 0 Å². The standard InChI is InChI=1S/C17H17NO6/c1-11(24-17(20)12-6-8-18(21)9-7-12)16(19)14-5-4-13(22-2)10-15(14)23-3/h4-11H,1-3H3/t11-/m1/s1. The molecule has 24 heavy (non-hydrogen) atoms. The van der Waals surface area contributed by atoms with Gasteiger partial charge in [0, 0.05) is 18.2 Å². The lowest BCUT2D eigenvalue weighted by atomic mass is 10.1. The number of nitrogens with zero attached hydrogens (tertiary/aromatic N) is 1. The molecule has 2 rings (SSSR count). The molecule has 0 aliphatic rings. The zero-order valence-electron chi connectivity index (χ0n) is 13.5. The Kier molecular flexibility index (Phi) is 5.36. The number of pyridine rings is 1. The van der Waals surface area contributed by atoms with E-state index in [1.165, 1.54) is 45.7 Å². The second kappa shape index (κ2) is 7.45. The predicted molar refractivity (Wildman–Crippen MR) is 84.2 cm³/mol. The van der Waals surface area contributed by atoms with Crippen molar-refractivity contribution in [3.8, 4) is 11.5 Å². The highest BCUT2D eigenvalue weighted by Crippen LogP contribution is 2.26. The second-order valence-corrected chi connectivity index (χ2v) is 4.92. The lowest BCUT2D eigenvalue weighted by Crippen LogP contribution is -2.27. The monoisotopic (exact) mass is 331 g/mol. The number of ketones is 1. The Morgan fingerprint density at radius 1 is 1.08 bits per heavy atom. The topological polar surface area (TPSA) is 88.8 Å². The summed E-state index contributed by atoms with van der Waals surface area (Å²) in [4.78, 5) is 24.5. The molecule has 0 bridgehead atoms. The molecule has 2 aromatic rings. The van der Waals surface area contributed by atoms with Crippen LogP contribution in [0.1, 0.15) is 27.6 Å². The molecule has 0 N–H and O–H groups in total. The van der Waals surface area contributed by atoms with Crippen LogP contribution in [0.25, 0.3) is 0 Å². The number of hydrogen-bond acceptors (Lipinski definition) is 6. The molecular formula is C17H17NO6. The van der Waals surface area contributed by atoms with Gasteiger partial charge in [-0.1, -0.05) is 0 Å². The van der Waals surface area contributed by atoms with E-state index >= 15 is 0 Å². The minimum Gasteiger partial charge on any atom is -0.619 e. The first-order valence-corrected chi connectivity index (χ1v) is 7.12. The Balaban J connectivity index is 2.14. The van der Waals surface area contributed by atoms with Gasteiger partial charge in [-0.2, -0.15) is 4.73 Å². The summed E-state index contributed by atoms with van der Waals surface area (Å²) < 4.78 is 16.0. The van der Waals surface area contributed by atoms with Gasteiger partial charge in [0.1, 0.15) is 11.5 Å². The number of hydrogen-bond donors (Lipinski definition) is 0. The molecule has 0 spiro atoms. The Bertz CT molecular complexity index is 741. The lowest BCUT2D eigenvalue weighted by Gasteiger charge is -2.15. The first-order valence-electron chi connectivity index (χ1n) is 7.12. The van der Waals surface area contributed by atoms with Crippen LogP contribution in [-0.4, -0.2) is 32.1 Å². The lowest BCUT2D eigenvalue weighted by molar-refractivity contribution is -0.605. The minimum absolute atomic E-state index is 0.184. The zero-order chi connectivity index (χ0) is 17.7. The quantitative estimate of drug-likeness (QED) is 0.347. The highest BCUT2D eigenvalue weighted by atomic mass is 16.5. The fourth-order valence-electron chi connectivity index (χ4n) is 2.05. The third-order valence-corrected chi connectivity index (χ3v) is 3.36. The first-order chi connectivity index (χ1) is 11.5. The van der Waals surface area contributed by atoms with Crippen molar-refractivity contribution >= 4 is 11.8 Å². The molecule has 0 aliphatic heterocycles. The molecule has 0 unspecified atom stereocenters. The van der Waals surface area contributed by atoms with Crippen molar-refractivity contribution in [3.05, 3.63) is 59.1 Å². The van der Waals surface area contributed by atoms with Gasteiger partial charge in [-0.05, 0) is 19.1 Å². The smallest absolute Gasteiger partial charge is 0.339 e. The minimum atomic E-state index is -1.01. The Morgan fingerprint density at radius 2 is 1.75 bits per heavy atom. The highest BCUT2D eigenvalue weighted by Gasteiger charge is 2.23. The maximum Gasteiger partial charge on any atom is 0.339 e.